The first-order valence-corrected chi connectivity index (χ1v) is 10.3. The van der Waals surface area contributed by atoms with Gasteiger partial charge < -0.3 is 16.0 Å². The lowest BCUT2D eigenvalue weighted by molar-refractivity contribution is 0.0946. The minimum Gasteiger partial charge on any atom is -0.366 e. The molecule has 0 saturated carbocycles. The molecule has 7 heteroatoms. The first-order valence-electron chi connectivity index (χ1n) is 10.3. The Morgan fingerprint density at radius 2 is 1.78 bits per heavy atom. The lowest BCUT2D eigenvalue weighted by Crippen LogP contribution is -2.25. The molecule has 0 aliphatic carbocycles. The summed E-state index contributed by atoms with van der Waals surface area (Å²) >= 11 is 0. The molecule has 2 amide bonds. The Bertz CT molecular complexity index is 1300. The number of rotatable bonds is 5. The van der Waals surface area contributed by atoms with Gasteiger partial charge in [0.05, 0.1) is 5.69 Å². The van der Waals surface area contributed by atoms with Crippen molar-refractivity contribution in [1.29, 1.82) is 0 Å². The lowest BCUT2D eigenvalue weighted by atomic mass is 9.87. The molecule has 0 unspecified atom stereocenters. The summed E-state index contributed by atoms with van der Waals surface area (Å²) in [4.78, 5) is 36.4. The van der Waals surface area contributed by atoms with Crippen LogP contribution in [-0.4, -0.2) is 26.8 Å². The van der Waals surface area contributed by atoms with Gasteiger partial charge in [0.15, 0.2) is 0 Å². The highest BCUT2D eigenvalue weighted by Gasteiger charge is 2.16. The van der Waals surface area contributed by atoms with Crippen LogP contribution in [0.15, 0.2) is 61.1 Å². The van der Waals surface area contributed by atoms with Crippen LogP contribution < -0.4 is 11.1 Å². The first kappa shape index (κ1) is 21.2. The molecular formula is C25H25N5O2. The molecule has 162 valence electrons. The number of nitrogens with two attached hydrogens (primary N) is 1. The van der Waals surface area contributed by atoms with E-state index < -0.39 is 5.91 Å². The highest BCUT2D eigenvalue weighted by atomic mass is 16.2. The molecule has 32 heavy (non-hydrogen) atoms. The second-order valence-electron chi connectivity index (χ2n) is 8.71. The summed E-state index contributed by atoms with van der Waals surface area (Å²) in [5.74, 6) is -0.778. The number of hydrogen-bond donors (Lipinski definition) is 3. The van der Waals surface area contributed by atoms with Gasteiger partial charge in [0.2, 0.25) is 5.91 Å². The van der Waals surface area contributed by atoms with Gasteiger partial charge in [-0.1, -0.05) is 45.0 Å². The van der Waals surface area contributed by atoms with Crippen LogP contribution in [0.1, 0.15) is 52.6 Å². The zero-order valence-electron chi connectivity index (χ0n) is 18.3. The molecule has 0 atom stereocenters. The quantitative estimate of drug-likeness (QED) is 0.447. The lowest BCUT2D eigenvalue weighted by Gasteiger charge is -2.19. The number of aromatic amines is 1. The maximum Gasteiger partial charge on any atom is 0.251 e. The summed E-state index contributed by atoms with van der Waals surface area (Å²) < 4.78 is 0. The van der Waals surface area contributed by atoms with E-state index in [0.29, 0.717) is 28.0 Å². The number of fused-ring (bicyclic) bond motifs is 1. The molecule has 7 nitrogen and oxygen atoms in total. The van der Waals surface area contributed by atoms with Crippen LogP contribution in [0.2, 0.25) is 0 Å². The summed E-state index contributed by atoms with van der Waals surface area (Å²) in [6.45, 7) is 6.56. The zero-order chi connectivity index (χ0) is 22.9. The Kier molecular flexibility index (Phi) is 5.48. The van der Waals surface area contributed by atoms with Crippen molar-refractivity contribution in [3.8, 4) is 11.3 Å². The molecule has 0 aliphatic heterocycles. The van der Waals surface area contributed by atoms with E-state index in [0.717, 1.165) is 16.5 Å². The van der Waals surface area contributed by atoms with Gasteiger partial charge in [0.1, 0.15) is 12.0 Å². The first-order chi connectivity index (χ1) is 15.2. The van der Waals surface area contributed by atoms with Crippen LogP contribution in [-0.2, 0) is 12.0 Å². The molecule has 2 heterocycles. The van der Waals surface area contributed by atoms with E-state index in [-0.39, 0.29) is 17.9 Å². The Labute approximate surface area is 186 Å². The highest BCUT2D eigenvalue weighted by molar-refractivity contribution is 5.98. The zero-order valence-corrected chi connectivity index (χ0v) is 18.3. The van der Waals surface area contributed by atoms with Crippen molar-refractivity contribution in [1.82, 2.24) is 20.3 Å². The molecule has 4 rings (SSSR count). The summed E-state index contributed by atoms with van der Waals surface area (Å²) in [5.41, 5.74) is 10.5. The Morgan fingerprint density at radius 1 is 1.03 bits per heavy atom. The molecule has 0 radical (unpaired) electrons. The van der Waals surface area contributed by atoms with Crippen molar-refractivity contribution in [2.75, 3.05) is 0 Å². The minimum atomic E-state index is -0.565. The van der Waals surface area contributed by atoms with Gasteiger partial charge in [-0.15, -0.1) is 0 Å². The van der Waals surface area contributed by atoms with Gasteiger partial charge in [0, 0.05) is 34.8 Å². The van der Waals surface area contributed by atoms with Crippen molar-refractivity contribution in [2.45, 2.75) is 32.7 Å². The van der Waals surface area contributed by atoms with Crippen molar-refractivity contribution in [2.24, 2.45) is 5.73 Å². The van der Waals surface area contributed by atoms with E-state index >= 15 is 0 Å². The Balaban J connectivity index is 1.56. The minimum absolute atomic E-state index is 0.0167. The molecule has 0 fully saturated rings. The molecule has 0 aliphatic rings. The predicted molar refractivity (Wildman–Crippen MR) is 124 cm³/mol. The van der Waals surface area contributed by atoms with Crippen LogP contribution in [0, 0.1) is 0 Å². The molecule has 0 spiro atoms. The van der Waals surface area contributed by atoms with Crippen molar-refractivity contribution in [3.63, 3.8) is 0 Å². The maximum atomic E-state index is 12.6. The number of carbonyl (C=O) groups is 2. The summed E-state index contributed by atoms with van der Waals surface area (Å²) in [7, 11) is 0. The number of nitrogens with zero attached hydrogens (tertiary/aromatic N) is 2. The highest BCUT2D eigenvalue weighted by Crippen LogP contribution is 2.27. The third-order valence-corrected chi connectivity index (χ3v) is 5.46. The average molecular weight is 428 g/mol. The van der Waals surface area contributed by atoms with Crippen LogP contribution in [0.4, 0.5) is 0 Å². The van der Waals surface area contributed by atoms with Gasteiger partial charge in [0.25, 0.3) is 5.91 Å². The molecule has 0 bridgehead atoms. The molecule has 2 aromatic heterocycles. The normalized spacial score (nSPS) is 11.5. The number of nitrogens with one attached hydrogen (secondary N) is 2. The smallest absolute Gasteiger partial charge is 0.251 e. The second kappa shape index (κ2) is 8.26. The third kappa shape index (κ3) is 4.23. The van der Waals surface area contributed by atoms with Gasteiger partial charge in [-0.25, -0.2) is 9.97 Å². The Morgan fingerprint density at radius 3 is 2.47 bits per heavy atom. The van der Waals surface area contributed by atoms with Gasteiger partial charge in [-0.3, -0.25) is 9.59 Å². The number of H-pyrrole nitrogens is 1. The second-order valence-corrected chi connectivity index (χ2v) is 8.71. The number of aromatic nitrogens is 3. The fraction of sp³-hybridized carbons (Fsp3) is 0.200. The molecule has 0 saturated heterocycles. The molecular weight excluding hydrogens is 402 g/mol. The molecule has 2 aromatic carbocycles. The van der Waals surface area contributed by atoms with E-state index in [1.165, 1.54) is 6.33 Å². The van der Waals surface area contributed by atoms with Crippen LogP contribution in [0.25, 0.3) is 22.3 Å². The standard InChI is InChI=1S/C25H25N5O2/c1-25(2,3)18-8-6-15(7-9-18)24(32)28-13-17-5-4-16(12-20(17)22(26)31)21-19-10-11-27-23(19)30-14-29-21/h4-12,14H,13H2,1-3H3,(H2,26,31)(H,28,32)(H,27,29,30). The number of amides is 2. The number of primary amides is 1. The predicted octanol–water partition coefficient (Wildman–Crippen LogP) is 3.95. The van der Waals surface area contributed by atoms with Crippen molar-refractivity contribution in [3.05, 3.63) is 83.3 Å². The third-order valence-electron chi connectivity index (χ3n) is 5.46. The van der Waals surface area contributed by atoms with Crippen LogP contribution in [0.5, 0.6) is 0 Å². The largest absolute Gasteiger partial charge is 0.366 e. The summed E-state index contributed by atoms with van der Waals surface area (Å²) in [6.07, 6.45) is 3.26. The summed E-state index contributed by atoms with van der Waals surface area (Å²) in [6, 6.07) is 14.8. The van der Waals surface area contributed by atoms with E-state index in [1.54, 1.807) is 18.3 Å². The monoisotopic (exact) mass is 427 g/mol. The van der Waals surface area contributed by atoms with Crippen LogP contribution >= 0.6 is 0 Å². The summed E-state index contributed by atoms with van der Waals surface area (Å²) in [5, 5.41) is 3.73. The van der Waals surface area contributed by atoms with Gasteiger partial charge in [-0.2, -0.15) is 0 Å². The van der Waals surface area contributed by atoms with Crippen molar-refractivity contribution >= 4 is 22.8 Å². The van der Waals surface area contributed by atoms with Gasteiger partial charge >= 0.3 is 0 Å². The average Bonchev–Trinajstić information content (AvgIpc) is 3.26. The topological polar surface area (TPSA) is 114 Å². The molecule has 4 aromatic rings. The number of benzene rings is 2. The Hall–Kier alpha value is -4.00. The number of hydrogen-bond acceptors (Lipinski definition) is 4. The van der Waals surface area contributed by atoms with Crippen molar-refractivity contribution < 1.29 is 9.59 Å². The van der Waals surface area contributed by atoms with Gasteiger partial charge in [-0.05, 0) is 40.8 Å². The maximum absolute atomic E-state index is 12.6. The number of carbonyl (C=O) groups excluding carboxylic acids is 2. The fourth-order valence-electron chi connectivity index (χ4n) is 3.61. The van der Waals surface area contributed by atoms with E-state index in [9.17, 15) is 9.59 Å². The van der Waals surface area contributed by atoms with E-state index in [1.807, 2.05) is 36.4 Å². The van der Waals surface area contributed by atoms with E-state index in [4.69, 9.17) is 5.73 Å². The van der Waals surface area contributed by atoms with E-state index in [2.05, 4.69) is 41.0 Å². The fourth-order valence-corrected chi connectivity index (χ4v) is 3.61. The molecule has 4 N–H and O–H groups in total. The van der Waals surface area contributed by atoms with Crippen LogP contribution in [0.3, 0.4) is 0 Å². The SMILES string of the molecule is CC(C)(C)c1ccc(C(=O)NCc2ccc(-c3ncnc4[nH]ccc34)cc2C(N)=O)cc1.